The number of methoxy groups -OCH3 is 2. The van der Waals surface area contributed by atoms with Gasteiger partial charge in [-0.05, 0) is 67.4 Å². The van der Waals surface area contributed by atoms with Crippen LogP contribution in [0.15, 0.2) is 22.7 Å². The van der Waals surface area contributed by atoms with Gasteiger partial charge in [0.2, 0.25) is 11.7 Å². The first-order valence-electron chi connectivity index (χ1n) is 11.2. The van der Waals surface area contributed by atoms with E-state index in [1.54, 1.807) is 20.3 Å². The average Bonchev–Trinajstić information content (AvgIpc) is 3.28. The molecule has 1 aromatic heterocycles. The fourth-order valence-electron chi connectivity index (χ4n) is 4.78. The van der Waals surface area contributed by atoms with E-state index < -0.39 is 0 Å². The van der Waals surface area contributed by atoms with E-state index in [0.29, 0.717) is 31.7 Å². The number of ether oxygens (including phenoxy) is 2. The molecule has 1 N–H and O–H groups in total. The lowest BCUT2D eigenvalue weighted by Gasteiger charge is -2.35. The lowest BCUT2D eigenvalue weighted by Crippen LogP contribution is -2.42. The fourth-order valence-corrected chi connectivity index (χ4v) is 4.78. The standard InChI is InChI=1S/C24H31N3O5/c1-15(28)21-12-20(26-32-21)8-18-13-25-6-4-16(18)11-24(29)27-7-5-17-9-22(30-2)23(31-3)10-19(17)14-27/h9-10,12,16,18,25H,4-8,11,13-14H2,1-3H3. The van der Waals surface area contributed by atoms with Crippen molar-refractivity contribution in [2.24, 2.45) is 11.8 Å². The summed E-state index contributed by atoms with van der Waals surface area (Å²) in [5.74, 6) is 2.31. The lowest BCUT2D eigenvalue weighted by atomic mass is 9.80. The first-order chi connectivity index (χ1) is 15.5. The summed E-state index contributed by atoms with van der Waals surface area (Å²) >= 11 is 0. The van der Waals surface area contributed by atoms with E-state index in [1.165, 1.54) is 12.5 Å². The Morgan fingerprint density at radius 3 is 2.59 bits per heavy atom. The van der Waals surface area contributed by atoms with E-state index in [-0.39, 0.29) is 29.3 Å². The number of aromatic nitrogens is 1. The molecule has 0 bridgehead atoms. The van der Waals surface area contributed by atoms with E-state index in [0.717, 1.165) is 42.9 Å². The topological polar surface area (TPSA) is 93.9 Å². The number of ketones is 1. The third-order valence-electron chi connectivity index (χ3n) is 6.65. The molecule has 2 unspecified atom stereocenters. The maximum absolute atomic E-state index is 13.2. The molecule has 2 aliphatic heterocycles. The number of nitrogens with one attached hydrogen (secondary N) is 1. The molecule has 2 aromatic rings. The number of benzene rings is 1. The molecule has 8 nitrogen and oxygen atoms in total. The van der Waals surface area contributed by atoms with Crippen LogP contribution in [0.1, 0.15) is 47.1 Å². The summed E-state index contributed by atoms with van der Waals surface area (Å²) in [6.07, 6.45) is 2.97. The predicted octanol–water partition coefficient (Wildman–Crippen LogP) is 2.64. The Morgan fingerprint density at radius 1 is 1.16 bits per heavy atom. The highest BCUT2D eigenvalue weighted by atomic mass is 16.5. The van der Waals surface area contributed by atoms with E-state index in [9.17, 15) is 9.59 Å². The Morgan fingerprint density at radius 2 is 1.91 bits per heavy atom. The quantitative estimate of drug-likeness (QED) is 0.660. The van der Waals surface area contributed by atoms with E-state index in [4.69, 9.17) is 14.0 Å². The van der Waals surface area contributed by atoms with Gasteiger partial charge in [0.05, 0.1) is 19.9 Å². The molecule has 3 heterocycles. The highest BCUT2D eigenvalue weighted by Crippen LogP contribution is 2.34. The van der Waals surface area contributed by atoms with Gasteiger partial charge in [-0.25, -0.2) is 0 Å². The summed E-state index contributed by atoms with van der Waals surface area (Å²) in [6, 6.07) is 5.73. The van der Waals surface area contributed by atoms with E-state index in [1.807, 2.05) is 17.0 Å². The number of amides is 1. The predicted molar refractivity (Wildman–Crippen MR) is 118 cm³/mol. The summed E-state index contributed by atoms with van der Waals surface area (Å²) in [7, 11) is 3.26. The fraction of sp³-hybridized carbons (Fsp3) is 0.542. The number of hydrogen-bond donors (Lipinski definition) is 1. The number of fused-ring (bicyclic) bond motifs is 1. The van der Waals surface area contributed by atoms with E-state index in [2.05, 4.69) is 10.5 Å². The summed E-state index contributed by atoms with van der Waals surface area (Å²) in [5, 5.41) is 7.48. The molecule has 0 radical (unpaired) electrons. The lowest BCUT2D eigenvalue weighted by molar-refractivity contribution is -0.133. The second-order valence-corrected chi connectivity index (χ2v) is 8.70. The molecular formula is C24H31N3O5. The van der Waals surface area contributed by atoms with Crippen LogP contribution in [0.4, 0.5) is 0 Å². The van der Waals surface area contributed by atoms with Gasteiger partial charge in [0, 0.05) is 32.5 Å². The van der Waals surface area contributed by atoms with Crippen LogP contribution >= 0.6 is 0 Å². The minimum absolute atomic E-state index is 0.128. The molecule has 1 amide bonds. The van der Waals surface area contributed by atoms with Crippen LogP contribution in [0.3, 0.4) is 0 Å². The summed E-state index contributed by atoms with van der Waals surface area (Å²) in [6.45, 7) is 4.51. The Labute approximate surface area is 188 Å². The molecule has 8 heteroatoms. The van der Waals surface area contributed by atoms with Crippen LogP contribution < -0.4 is 14.8 Å². The molecule has 2 aliphatic rings. The molecule has 2 atom stereocenters. The smallest absolute Gasteiger partial charge is 0.223 e. The SMILES string of the molecule is COc1cc2c(cc1OC)CN(C(=O)CC1CCNCC1Cc1cc(C(C)=O)on1)CC2. The second kappa shape index (κ2) is 9.73. The first kappa shape index (κ1) is 22.3. The number of nitrogens with zero attached hydrogens (tertiary/aromatic N) is 2. The zero-order valence-electron chi connectivity index (χ0n) is 19.0. The Hall–Kier alpha value is -2.87. The number of carbonyl (C=O) groups is 2. The van der Waals surface area contributed by atoms with Crippen molar-refractivity contribution in [3.05, 3.63) is 40.8 Å². The zero-order valence-corrected chi connectivity index (χ0v) is 19.0. The summed E-state index contributed by atoms with van der Waals surface area (Å²) in [5.41, 5.74) is 3.09. The van der Waals surface area contributed by atoms with Gasteiger partial charge in [-0.1, -0.05) is 5.16 Å². The Bertz CT molecular complexity index is 986. The summed E-state index contributed by atoms with van der Waals surface area (Å²) in [4.78, 5) is 26.7. The normalized spacial score (nSPS) is 20.5. The molecule has 1 fully saturated rings. The maximum atomic E-state index is 13.2. The molecular weight excluding hydrogens is 410 g/mol. The number of rotatable bonds is 7. The third kappa shape index (κ3) is 4.80. The summed E-state index contributed by atoms with van der Waals surface area (Å²) < 4.78 is 16.0. The number of hydrogen-bond acceptors (Lipinski definition) is 7. The Balaban J connectivity index is 1.41. The van der Waals surface area contributed by atoms with Gasteiger partial charge in [0.25, 0.3) is 0 Å². The van der Waals surface area contributed by atoms with Gasteiger partial charge in [-0.3, -0.25) is 9.59 Å². The number of Topliss-reactive ketones (excluding diaryl/α,β-unsaturated/α-hetero) is 1. The van der Waals surface area contributed by atoms with Crippen LogP contribution in [0.2, 0.25) is 0 Å². The number of piperidine rings is 1. The molecule has 1 saturated heterocycles. The van der Waals surface area contributed by atoms with Gasteiger partial charge < -0.3 is 24.2 Å². The largest absolute Gasteiger partial charge is 0.493 e. The molecule has 0 spiro atoms. The van der Waals surface area contributed by atoms with Crippen LogP contribution in [0.25, 0.3) is 0 Å². The maximum Gasteiger partial charge on any atom is 0.223 e. The Kier molecular flexibility index (Phi) is 6.79. The first-order valence-corrected chi connectivity index (χ1v) is 11.2. The second-order valence-electron chi connectivity index (χ2n) is 8.70. The van der Waals surface area contributed by atoms with Crippen molar-refractivity contribution in [1.82, 2.24) is 15.4 Å². The van der Waals surface area contributed by atoms with Gasteiger partial charge >= 0.3 is 0 Å². The zero-order chi connectivity index (χ0) is 22.7. The van der Waals surface area contributed by atoms with Crippen molar-refractivity contribution in [2.45, 2.75) is 39.2 Å². The van der Waals surface area contributed by atoms with Gasteiger partial charge in [-0.2, -0.15) is 0 Å². The van der Waals surface area contributed by atoms with Crippen LogP contribution in [-0.4, -0.2) is 55.6 Å². The third-order valence-corrected chi connectivity index (χ3v) is 6.65. The monoisotopic (exact) mass is 441 g/mol. The van der Waals surface area contributed by atoms with Crippen LogP contribution in [-0.2, 0) is 24.2 Å². The molecule has 172 valence electrons. The highest BCUT2D eigenvalue weighted by molar-refractivity contribution is 5.91. The molecule has 0 saturated carbocycles. The number of carbonyl (C=O) groups excluding carboxylic acids is 2. The van der Waals surface area contributed by atoms with Gasteiger partial charge in [0.1, 0.15) is 0 Å². The molecule has 4 rings (SSSR count). The molecule has 32 heavy (non-hydrogen) atoms. The van der Waals surface area contributed by atoms with Gasteiger partial charge in [-0.15, -0.1) is 0 Å². The van der Waals surface area contributed by atoms with Crippen molar-refractivity contribution >= 4 is 11.7 Å². The van der Waals surface area contributed by atoms with Gasteiger partial charge in [0.15, 0.2) is 17.3 Å². The average molecular weight is 442 g/mol. The minimum atomic E-state index is -0.128. The van der Waals surface area contributed by atoms with Crippen LogP contribution in [0, 0.1) is 11.8 Å². The minimum Gasteiger partial charge on any atom is -0.493 e. The molecule has 1 aromatic carbocycles. The highest BCUT2D eigenvalue weighted by Gasteiger charge is 2.31. The van der Waals surface area contributed by atoms with Crippen molar-refractivity contribution in [3.8, 4) is 11.5 Å². The van der Waals surface area contributed by atoms with E-state index >= 15 is 0 Å². The van der Waals surface area contributed by atoms with Crippen LogP contribution in [0.5, 0.6) is 11.5 Å². The van der Waals surface area contributed by atoms with Crippen molar-refractivity contribution in [3.63, 3.8) is 0 Å². The molecule has 0 aliphatic carbocycles. The van der Waals surface area contributed by atoms with Crippen molar-refractivity contribution < 1.29 is 23.6 Å². The van der Waals surface area contributed by atoms with Crippen molar-refractivity contribution in [1.29, 1.82) is 0 Å². The van der Waals surface area contributed by atoms with Crippen molar-refractivity contribution in [2.75, 3.05) is 33.9 Å².